The number of likely N-dealkylation sites (tertiary alicyclic amines) is 2. The lowest BCUT2D eigenvalue weighted by atomic mass is 9.99. The minimum absolute atomic E-state index is 0.356. The molecule has 0 atom stereocenters. The first-order valence-corrected chi connectivity index (χ1v) is 7.92. The van der Waals surface area contributed by atoms with Crippen molar-refractivity contribution in [3.05, 3.63) is 11.1 Å². The zero-order valence-corrected chi connectivity index (χ0v) is 12.2. The zero-order chi connectivity index (χ0) is 13.2. The van der Waals surface area contributed by atoms with Crippen LogP contribution < -0.4 is 0 Å². The highest BCUT2D eigenvalue weighted by atomic mass is 16.2. The molecule has 2 heterocycles. The summed E-state index contributed by atoms with van der Waals surface area (Å²) in [7, 11) is 0. The van der Waals surface area contributed by atoms with E-state index in [2.05, 4.69) is 16.7 Å². The van der Waals surface area contributed by atoms with Gasteiger partial charge in [-0.25, -0.2) is 0 Å². The van der Waals surface area contributed by atoms with Crippen LogP contribution in [0, 0.1) is 5.92 Å². The number of amides is 1. The van der Waals surface area contributed by atoms with Gasteiger partial charge in [-0.15, -0.1) is 0 Å². The molecular weight excluding hydrogens is 236 g/mol. The second-order valence-electron chi connectivity index (χ2n) is 6.55. The summed E-state index contributed by atoms with van der Waals surface area (Å²) in [6, 6.07) is 0. The van der Waals surface area contributed by atoms with Crippen molar-refractivity contribution >= 4 is 5.91 Å². The summed E-state index contributed by atoms with van der Waals surface area (Å²) >= 11 is 0. The Morgan fingerprint density at radius 1 is 1.00 bits per heavy atom. The SMILES string of the molecule is CC1CCN(C(=O)CN2CCC(=C3CC3)CC2)CC1. The van der Waals surface area contributed by atoms with Gasteiger partial charge in [0, 0.05) is 26.2 Å². The molecule has 3 aliphatic rings. The van der Waals surface area contributed by atoms with E-state index in [9.17, 15) is 4.79 Å². The highest BCUT2D eigenvalue weighted by Crippen LogP contribution is 2.35. The Hall–Kier alpha value is -0.830. The van der Waals surface area contributed by atoms with Crippen LogP contribution in [0.4, 0.5) is 0 Å². The standard InChI is InChI=1S/C16H26N2O/c1-13-4-10-18(11-5-13)16(19)12-17-8-6-15(7-9-17)14-2-3-14/h13H,2-12H2,1H3. The molecule has 3 nitrogen and oxygen atoms in total. The molecule has 0 spiro atoms. The molecule has 1 aliphatic carbocycles. The van der Waals surface area contributed by atoms with Gasteiger partial charge in [0.1, 0.15) is 0 Å². The third-order valence-electron chi connectivity index (χ3n) is 4.95. The predicted octanol–water partition coefficient (Wildman–Crippen LogP) is 2.43. The van der Waals surface area contributed by atoms with Crippen molar-refractivity contribution in [2.24, 2.45) is 5.92 Å². The summed E-state index contributed by atoms with van der Waals surface area (Å²) in [5.74, 6) is 1.15. The number of nitrogens with zero attached hydrogens (tertiary/aromatic N) is 2. The monoisotopic (exact) mass is 262 g/mol. The largest absolute Gasteiger partial charge is 0.342 e. The molecule has 3 fully saturated rings. The Morgan fingerprint density at radius 2 is 1.58 bits per heavy atom. The van der Waals surface area contributed by atoms with E-state index in [1.54, 1.807) is 11.1 Å². The summed E-state index contributed by atoms with van der Waals surface area (Å²) in [5, 5.41) is 0. The molecule has 3 rings (SSSR count). The number of rotatable bonds is 2. The first kappa shape index (κ1) is 13.2. The topological polar surface area (TPSA) is 23.6 Å². The van der Waals surface area contributed by atoms with Gasteiger partial charge in [0.25, 0.3) is 0 Å². The second kappa shape index (κ2) is 5.66. The molecule has 19 heavy (non-hydrogen) atoms. The average molecular weight is 262 g/mol. The second-order valence-corrected chi connectivity index (χ2v) is 6.55. The number of carbonyl (C=O) groups excluding carboxylic acids is 1. The van der Waals surface area contributed by atoms with Crippen molar-refractivity contribution in [2.45, 2.75) is 45.4 Å². The third kappa shape index (κ3) is 3.38. The molecule has 0 aromatic rings. The van der Waals surface area contributed by atoms with Gasteiger partial charge in [-0.2, -0.15) is 0 Å². The van der Waals surface area contributed by atoms with Gasteiger partial charge in [0.2, 0.25) is 5.91 Å². The van der Waals surface area contributed by atoms with Crippen molar-refractivity contribution < 1.29 is 4.79 Å². The van der Waals surface area contributed by atoms with Gasteiger partial charge < -0.3 is 4.90 Å². The Morgan fingerprint density at radius 3 is 2.16 bits per heavy atom. The van der Waals surface area contributed by atoms with Crippen LogP contribution in [0.2, 0.25) is 0 Å². The van der Waals surface area contributed by atoms with Crippen molar-refractivity contribution in [3.8, 4) is 0 Å². The molecule has 0 unspecified atom stereocenters. The number of allylic oxidation sites excluding steroid dienone is 1. The molecule has 0 N–H and O–H groups in total. The van der Waals surface area contributed by atoms with Gasteiger partial charge in [0.15, 0.2) is 0 Å². The molecule has 0 aromatic heterocycles. The highest BCUT2D eigenvalue weighted by molar-refractivity contribution is 5.78. The summed E-state index contributed by atoms with van der Waals surface area (Å²) < 4.78 is 0. The fourth-order valence-corrected chi connectivity index (χ4v) is 3.30. The van der Waals surface area contributed by atoms with Crippen molar-refractivity contribution in [3.63, 3.8) is 0 Å². The first-order chi connectivity index (χ1) is 9.22. The number of hydrogen-bond donors (Lipinski definition) is 0. The van der Waals surface area contributed by atoms with Crippen LogP contribution in [0.1, 0.15) is 45.4 Å². The van der Waals surface area contributed by atoms with E-state index in [1.165, 1.54) is 38.5 Å². The Balaban J connectivity index is 1.44. The van der Waals surface area contributed by atoms with E-state index in [-0.39, 0.29) is 0 Å². The van der Waals surface area contributed by atoms with Crippen molar-refractivity contribution in [1.82, 2.24) is 9.80 Å². The van der Waals surface area contributed by atoms with Crippen molar-refractivity contribution in [1.29, 1.82) is 0 Å². The van der Waals surface area contributed by atoms with E-state index in [4.69, 9.17) is 0 Å². The summed E-state index contributed by atoms with van der Waals surface area (Å²) in [4.78, 5) is 16.7. The van der Waals surface area contributed by atoms with Crippen LogP contribution >= 0.6 is 0 Å². The van der Waals surface area contributed by atoms with Gasteiger partial charge in [0.05, 0.1) is 6.54 Å². The van der Waals surface area contributed by atoms with Crippen LogP contribution in [0.3, 0.4) is 0 Å². The molecule has 0 bridgehead atoms. The summed E-state index contributed by atoms with van der Waals surface area (Å²) in [6.45, 7) is 7.08. The Kier molecular flexibility index (Phi) is 3.92. The van der Waals surface area contributed by atoms with Crippen LogP contribution in [-0.4, -0.2) is 48.4 Å². The average Bonchev–Trinajstić information content (AvgIpc) is 3.25. The minimum Gasteiger partial charge on any atom is -0.342 e. The zero-order valence-electron chi connectivity index (χ0n) is 12.2. The van der Waals surface area contributed by atoms with Gasteiger partial charge in [-0.05, 0) is 44.4 Å². The molecule has 106 valence electrons. The third-order valence-corrected chi connectivity index (χ3v) is 4.95. The molecule has 3 heteroatoms. The normalized spacial score (nSPS) is 25.8. The van der Waals surface area contributed by atoms with Gasteiger partial charge in [-0.3, -0.25) is 9.69 Å². The van der Waals surface area contributed by atoms with Gasteiger partial charge >= 0.3 is 0 Å². The van der Waals surface area contributed by atoms with Crippen LogP contribution in [0.5, 0.6) is 0 Å². The number of carbonyl (C=O) groups is 1. The smallest absolute Gasteiger partial charge is 0.236 e. The predicted molar refractivity (Wildman–Crippen MR) is 76.9 cm³/mol. The maximum absolute atomic E-state index is 12.3. The van der Waals surface area contributed by atoms with Crippen molar-refractivity contribution in [2.75, 3.05) is 32.7 Å². The summed E-state index contributed by atoms with van der Waals surface area (Å²) in [5.41, 5.74) is 3.42. The van der Waals surface area contributed by atoms with E-state index in [1.807, 2.05) is 0 Å². The van der Waals surface area contributed by atoms with E-state index in [0.29, 0.717) is 12.5 Å². The Bertz CT molecular complexity index is 364. The lowest BCUT2D eigenvalue weighted by Crippen LogP contribution is -2.45. The fraction of sp³-hybridized carbons (Fsp3) is 0.812. The molecular formula is C16H26N2O. The molecule has 1 amide bonds. The quantitative estimate of drug-likeness (QED) is 0.714. The lowest BCUT2D eigenvalue weighted by molar-refractivity contribution is -0.133. The minimum atomic E-state index is 0.356. The molecule has 0 aromatic carbocycles. The van der Waals surface area contributed by atoms with Crippen LogP contribution in [0.15, 0.2) is 11.1 Å². The Labute approximate surface area is 116 Å². The molecule has 2 saturated heterocycles. The van der Waals surface area contributed by atoms with E-state index < -0.39 is 0 Å². The number of piperidine rings is 2. The lowest BCUT2D eigenvalue weighted by Gasteiger charge is -2.34. The fourth-order valence-electron chi connectivity index (χ4n) is 3.30. The molecule has 2 aliphatic heterocycles. The maximum atomic E-state index is 12.3. The first-order valence-electron chi connectivity index (χ1n) is 7.92. The number of hydrogen-bond acceptors (Lipinski definition) is 2. The highest BCUT2D eigenvalue weighted by Gasteiger charge is 2.25. The molecule has 1 saturated carbocycles. The molecule has 0 radical (unpaired) electrons. The summed E-state index contributed by atoms with van der Waals surface area (Å²) in [6.07, 6.45) is 7.48. The van der Waals surface area contributed by atoms with E-state index in [0.717, 1.165) is 32.1 Å². The maximum Gasteiger partial charge on any atom is 0.236 e. The van der Waals surface area contributed by atoms with Crippen LogP contribution in [-0.2, 0) is 4.79 Å². The van der Waals surface area contributed by atoms with Crippen LogP contribution in [0.25, 0.3) is 0 Å². The van der Waals surface area contributed by atoms with Gasteiger partial charge in [-0.1, -0.05) is 18.1 Å². The van der Waals surface area contributed by atoms with E-state index >= 15 is 0 Å².